The number of hydrogen-bond acceptors (Lipinski definition) is 3. The second-order valence-corrected chi connectivity index (χ2v) is 7.02. The van der Waals surface area contributed by atoms with Gasteiger partial charge in [0, 0.05) is 18.9 Å². The van der Waals surface area contributed by atoms with Crippen LogP contribution in [0, 0.1) is 5.82 Å². The van der Waals surface area contributed by atoms with Gasteiger partial charge in [0.25, 0.3) is 5.91 Å². The van der Waals surface area contributed by atoms with E-state index in [4.69, 9.17) is 0 Å². The molecule has 1 amide bonds. The molecule has 6 nitrogen and oxygen atoms in total. The number of aromatic nitrogens is 4. The van der Waals surface area contributed by atoms with E-state index in [2.05, 4.69) is 15.6 Å². The molecule has 32 heavy (non-hydrogen) atoms. The lowest BCUT2D eigenvalue weighted by Crippen LogP contribution is -2.25. The summed E-state index contributed by atoms with van der Waals surface area (Å²) in [6.45, 7) is 0.0454. The third kappa shape index (κ3) is 4.69. The van der Waals surface area contributed by atoms with Gasteiger partial charge in [0.2, 0.25) is 0 Å². The molecule has 0 saturated carbocycles. The van der Waals surface area contributed by atoms with Crippen LogP contribution in [0.1, 0.15) is 27.2 Å². The average Bonchev–Trinajstić information content (AvgIpc) is 3.41. The van der Waals surface area contributed by atoms with E-state index in [0.717, 1.165) is 12.1 Å². The van der Waals surface area contributed by atoms with Crippen molar-refractivity contribution in [1.29, 1.82) is 0 Å². The predicted octanol–water partition coefficient (Wildman–Crippen LogP) is 4.21. The molecule has 0 aliphatic carbocycles. The van der Waals surface area contributed by atoms with Crippen molar-refractivity contribution in [1.82, 2.24) is 24.9 Å². The number of nitrogens with zero attached hydrogens (tertiary/aromatic N) is 4. The Morgan fingerprint density at radius 2 is 1.69 bits per heavy atom. The number of nitrogens with one attached hydrogen (secondary N) is 1. The Balaban J connectivity index is 1.58. The van der Waals surface area contributed by atoms with E-state index in [9.17, 15) is 22.4 Å². The summed E-state index contributed by atoms with van der Waals surface area (Å²) >= 11 is 0. The Bertz CT molecular complexity index is 1230. The molecule has 0 fully saturated rings. The lowest BCUT2D eigenvalue weighted by atomic mass is 10.1. The summed E-state index contributed by atoms with van der Waals surface area (Å²) in [4.78, 5) is 12.8. The third-order valence-corrected chi connectivity index (χ3v) is 4.70. The van der Waals surface area contributed by atoms with Crippen molar-refractivity contribution in [2.45, 2.75) is 19.3 Å². The summed E-state index contributed by atoms with van der Waals surface area (Å²) in [6, 6.07) is 14.2. The molecule has 2 heterocycles. The van der Waals surface area contributed by atoms with E-state index in [1.807, 2.05) is 0 Å². The highest BCUT2D eigenvalue weighted by Crippen LogP contribution is 2.29. The molecule has 0 bridgehead atoms. The number of benzene rings is 2. The van der Waals surface area contributed by atoms with Gasteiger partial charge in [-0.2, -0.15) is 13.2 Å². The summed E-state index contributed by atoms with van der Waals surface area (Å²) in [5.41, 5.74) is 0.116. The summed E-state index contributed by atoms with van der Waals surface area (Å²) in [5, 5.41) is 10.6. The molecule has 4 rings (SSSR count). The number of carbonyl (C=O) groups is 1. The Morgan fingerprint density at radius 1 is 0.969 bits per heavy atom. The highest BCUT2D eigenvalue weighted by Gasteiger charge is 2.30. The topological polar surface area (TPSA) is 64.7 Å². The SMILES string of the molecule is O=C(NCc1cccc(C(F)(F)F)c1)c1nnn(Cc2cccc(F)c2)c1-n1cccc1. The van der Waals surface area contributed by atoms with Crippen molar-refractivity contribution in [3.05, 3.63) is 101 Å². The van der Waals surface area contributed by atoms with Gasteiger partial charge < -0.3 is 9.88 Å². The largest absolute Gasteiger partial charge is 0.416 e. The first-order valence-electron chi connectivity index (χ1n) is 9.57. The number of alkyl halides is 3. The molecule has 10 heteroatoms. The summed E-state index contributed by atoms with van der Waals surface area (Å²) in [7, 11) is 0. The van der Waals surface area contributed by atoms with Crippen molar-refractivity contribution in [3.8, 4) is 5.82 Å². The van der Waals surface area contributed by atoms with Crippen molar-refractivity contribution in [3.63, 3.8) is 0 Å². The molecule has 0 unspecified atom stereocenters. The van der Waals surface area contributed by atoms with Crippen LogP contribution in [-0.4, -0.2) is 25.5 Å². The van der Waals surface area contributed by atoms with E-state index in [-0.39, 0.29) is 18.8 Å². The van der Waals surface area contributed by atoms with Crippen LogP contribution < -0.4 is 5.32 Å². The molecule has 164 valence electrons. The second-order valence-electron chi connectivity index (χ2n) is 7.02. The number of rotatable bonds is 6. The zero-order chi connectivity index (χ0) is 22.7. The van der Waals surface area contributed by atoms with Crippen LogP contribution in [-0.2, 0) is 19.3 Å². The smallest absolute Gasteiger partial charge is 0.346 e. The number of carbonyl (C=O) groups excluding carboxylic acids is 1. The fourth-order valence-electron chi connectivity index (χ4n) is 3.22. The molecule has 0 aliphatic heterocycles. The van der Waals surface area contributed by atoms with E-state index in [0.29, 0.717) is 16.9 Å². The maximum Gasteiger partial charge on any atom is 0.416 e. The van der Waals surface area contributed by atoms with Crippen molar-refractivity contribution in [2.75, 3.05) is 0 Å². The van der Waals surface area contributed by atoms with Gasteiger partial charge in [-0.25, -0.2) is 9.07 Å². The summed E-state index contributed by atoms with van der Waals surface area (Å²) in [6.07, 6.45) is -1.07. The normalized spacial score (nSPS) is 11.5. The quantitative estimate of drug-likeness (QED) is 0.454. The first-order chi connectivity index (χ1) is 15.3. The Labute approximate surface area is 180 Å². The molecule has 2 aromatic heterocycles. The predicted molar refractivity (Wildman–Crippen MR) is 107 cm³/mol. The van der Waals surface area contributed by atoms with Gasteiger partial charge in [-0.3, -0.25) is 4.79 Å². The van der Waals surface area contributed by atoms with Gasteiger partial charge in [-0.05, 0) is 47.5 Å². The van der Waals surface area contributed by atoms with Crippen LogP contribution in [0.15, 0.2) is 73.1 Å². The minimum atomic E-state index is -4.47. The van der Waals surface area contributed by atoms with E-state index < -0.39 is 23.5 Å². The number of amides is 1. The van der Waals surface area contributed by atoms with Gasteiger partial charge >= 0.3 is 6.18 Å². The van der Waals surface area contributed by atoms with Gasteiger partial charge in [-0.1, -0.05) is 29.5 Å². The summed E-state index contributed by atoms with van der Waals surface area (Å²) < 4.78 is 55.4. The van der Waals surface area contributed by atoms with Crippen LogP contribution in [0.5, 0.6) is 0 Å². The van der Waals surface area contributed by atoms with E-state index >= 15 is 0 Å². The highest BCUT2D eigenvalue weighted by molar-refractivity contribution is 5.95. The fraction of sp³-hybridized carbons (Fsp3) is 0.136. The summed E-state index contributed by atoms with van der Waals surface area (Å²) in [5.74, 6) is -0.651. The average molecular weight is 443 g/mol. The first kappa shape index (κ1) is 21.3. The zero-order valence-corrected chi connectivity index (χ0v) is 16.6. The van der Waals surface area contributed by atoms with E-state index in [1.165, 1.54) is 28.9 Å². The maximum atomic E-state index is 13.6. The van der Waals surface area contributed by atoms with Crippen molar-refractivity contribution in [2.24, 2.45) is 0 Å². The van der Waals surface area contributed by atoms with Crippen molar-refractivity contribution < 1.29 is 22.4 Å². The van der Waals surface area contributed by atoms with Gasteiger partial charge in [0.05, 0.1) is 12.1 Å². The van der Waals surface area contributed by atoms with Crippen molar-refractivity contribution >= 4 is 5.91 Å². The van der Waals surface area contributed by atoms with E-state index in [1.54, 1.807) is 41.2 Å². The third-order valence-electron chi connectivity index (χ3n) is 4.70. The van der Waals surface area contributed by atoms with Crippen LogP contribution in [0.4, 0.5) is 17.6 Å². The van der Waals surface area contributed by atoms with Gasteiger partial charge in [0.15, 0.2) is 11.5 Å². The molecule has 1 N–H and O–H groups in total. The Hall–Kier alpha value is -3.95. The lowest BCUT2D eigenvalue weighted by molar-refractivity contribution is -0.137. The molecule has 0 radical (unpaired) electrons. The molecule has 0 saturated heterocycles. The monoisotopic (exact) mass is 443 g/mol. The van der Waals surface area contributed by atoms with Crippen LogP contribution in [0.3, 0.4) is 0 Å². The molecule has 2 aromatic carbocycles. The molecular formula is C22H17F4N5O. The van der Waals surface area contributed by atoms with Crippen LogP contribution >= 0.6 is 0 Å². The maximum absolute atomic E-state index is 13.6. The number of hydrogen-bond donors (Lipinski definition) is 1. The molecule has 0 aliphatic rings. The zero-order valence-electron chi connectivity index (χ0n) is 16.6. The molecule has 0 spiro atoms. The second kappa shape index (κ2) is 8.66. The highest BCUT2D eigenvalue weighted by atomic mass is 19.4. The fourth-order valence-corrected chi connectivity index (χ4v) is 3.22. The van der Waals surface area contributed by atoms with Gasteiger partial charge in [0.1, 0.15) is 5.82 Å². The molecular weight excluding hydrogens is 426 g/mol. The Kier molecular flexibility index (Phi) is 5.76. The lowest BCUT2D eigenvalue weighted by Gasteiger charge is -2.11. The first-order valence-corrected chi connectivity index (χ1v) is 9.57. The molecule has 0 atom stereocenters. The minimum Gasteiger partial charge on any atom is -0.346 e. The number of halogens is 4. The van der Waals surface area contributed by atoms with Gasteiger partial charge in [-0.15, -0.1) is 5.10 Å². The van der Waals surface area contributed by atoms with Crippen LogP contribution in [0.2, 0.25) is 0 Å². The minimum absolute atomic E-state index is 0.00965. The standard InChI is InChI=1S/C22H17F4N5O/c23-18-8-4-6-16(12-18)14-31-21(30-9-1-2-10-30)19(28-29-31)20(32)27-13-15-5-3-7-17(11-15)22(24,25)26/h1-12H,13-14H2,(H,27,32). The Morgan fingerprint density at radius 3 is 2.41 bits per heavy atom. The molecule has 4 aromatic rings. The van der Waals surface area contributed by atoms with Crippen LogP contribution in [0.25, 0.3) is 5.82 Å².